The minimum Gasteiger partial charge on any atom is -0.481 e. The monoisotopic (exact) mass is 397 g/mol. The summed E-state index contributed by atoms with van der Waals surface area (Å²) in [6.07, 6.45) is 0.0317. The van der Waals surface area contributed by atoms with Crippen molar-refractivity contribution in [2.45, 2.75) is 37.3 Å². The molecule has 0 bridgehead atoms. The number of carbonyl (C=O) groups is 3. The zero-order valence-electron chi connectivity index (χ0n) is 13.8. The number of hydrogen-bond acceptors (Lipinski definition) is 7. The van der Waals surface area contributed by atoms with Gasteiger partial charge >= 0.3 is 17.8 Å². The summed E-state index contributed by atoms with van der Waals surface area (Å²) >= 11 is 2.37. The number of amides is 1. The molecule has 0 aliphatic carbocycles. The van der Waals surface area contributed by atoms with Crippen LogP contribution in [0.5, 0.6) is 0 Å². The van der Waals surface area contributed by atoms with E-state index in [9.17, 15) is 24.6 Å². The average molecular weight is 397 g/mol. The van der Waals surface area contributed by atoms with Crippen LogP contribution < -0.4 is 4.57 Å². The summed E-state index contributed by atoms with van der Waals surface area (Å²) in [7, 11) is 0. The molecule has 1 fully saturated rings. The molecule has 3 aliphatic heterocycles. The van der Waals surface area contributed by atoms with Gasteiger partial charge in [-0.3, -0.25) is 14.5 Å². The molecule has 1 aromatic heterocycles. The molecule has 1 amide bonds. The van der Waals surface area contributed by atoms with Gasteiger partial charge in [0, 0.05) is 6.61 Å². The van der Waals surface area contributed by atoms with Crippen LogP contribution in [0.25, 0.3) is 0 Å². The summed E-state index contributed by atoms with van der Waals surface area (Å²) < 4.78 is 7.00. The molecule has 4 heterocycles. The number of thioether (sulfide) groups is 1. The number of allylic oxidation sites excluding steroid dienone is 1. The summed E-state index contributed by atoms with van der Waals surface area (Å²) in [6.45, 7) is 1.94. The van der Waals surface area contributed by atoms with Crippen molar-refractivity contribution in [3.63, 3.8) is 0 Å². The summed E-state index contributed by atoms with van der Waals surface area (Å²) in [5, 5.41) is 20.3. The summed E-state index contributed by atoms with van der Waals surface area (Å²) in [4.78, 5) is 39.6. The lowest BCUT2D eigenvalue weighted by molar-refractivity contribution is -0.571. The van der Waals surface area contributed by atoms with Crippen LogP contribution in [0.15, 0.2) is 21.5 Å². The maximum atomic E-state index is 13.0. The number of rotatable bonds is 4. The molecule has 138 valence electrons. The molecule has 0 unspecified atom stereocenters. The van der Waals surface area contributed by atoms with Crippen LogP contribution in [0.3, 0.4) is 0 Å². The Morgan fingerprint density at radius 2 is 2.23 bits per heavy atom. The van der Waals surface area contributed by atoms with Gasteiger partial charge in [-0.1, -0.05) is 23.1 Å². The van der Waals surface area contributed by atoms with Crippen molar-refractivity contribution >= 4 is 40.9 Å². The number of aliphatic hydroxyl groups is 1. The van der Waals surface area contributed by atoms with Crippen molar-refractivity contribution < 1.29 is 33.9 Å². The SMILES string of the molecule is C[C@H](O)[C@@H](C(=O)O)[C@H]1SC([C@H]2CCCO2)=C2C(=O)[n+]3cscc3C(=O)N21. The molecule has 0 aromatic carbocycles. The first-order valence-electron chi connectivity index (χ1n) is 8.21. The lowest BCUT2D eigenvalue weighted by atomic mass is 10.0. The fourth-order valence-electron chi connectivity index (χ4n) is 3.54. The van der Waals surface area contributed by atoms with E-state index in [1.165, 1.54) is 27.7 Å². The number of aliphatic carboxylic acids is 1. The third-order valence-electron chi connectivity index (χ3n) is 4.78. The predicted octanol–water partition coefficient (Wildman–Crippen LogP) is 0.677. The summed E-state index contributed by atoms with van der Waals surface area (Å²) in [5.74, 6) is -3.24. The third kappa shape index (κ3) is 2.51. The normalized spacial score (nSPS) is 27.5. The van der Waals surface area contributed by atoms with E-state index >= 15 is 0 Å². The Morgan fingerprint density at radius 1 is 1.46 bits per heavy atom. The number of ether oxygens (including phenoxy) is 1. The summed E-state index contributed by atoms with van der Waals surface area (Å²) in [6, 6.07) is 0. The van der Waals surface area contributed by atoms with Crippen molar-refractivity contribution in [2.75, 3.05) is 6.61 Å². The van der Waals surface area contributed by atoms with Crippen molar-refractivity contribution in [1.29, 1.82) is 0 Å². The van der Waals surface area contributed by atoms with Gasteiger partial charge in [0.15, 0.2) is 5.70 Å². The number of hydrogen-bond donors (Lipinski definition) is 2. The highest BCUT2D eigenvalue weighted by molar-refractivity contribution is 8.04. The lowest BCUT2D eigenvalue weighted by Gasteiger charge is -2.31. The quantitative estimate of drug-likeness (QED) is 0.719. The molecule has 10 heteroatoms. The van der Waals surface area contributed by atoms with Gasteiger partial charge in [-0.25, -0.2) is 4.79 Å². The standard InChI is InChI=1S/C16H16N2O6S2/c1-7(19)10(16(22)23)15-18-11(12(26-15)9-3-2-4-24-9)14(21)17-6-25-5-8(17)13(18)20/h5-7,9-10,15,19H,2-4H2,1H3/p+1/t7-,9+,10+,15+/m0/s1. The zero-order valence-corrected chi connectivity index (χ0v) is 15.5. The van der Waals surface area contributed by atoms with E-state index in [1.807, 2.05) is 0 Å². The van der Waals surface area contributed by atoms with Crippen molar-refractivity contribution in [1.82, 2.24) is 4.90 Å². The average Bonchev–Trinajstić information content (AvgIpc) is 3.30. The van der Waals surface area contributed by atoms with Crippen molar-refractivity contribution in [3.8, 4) is 0 Å². The first kappa shape index (κ1) is 17.7. The van der Waals surface area contributed by atoms with Crippen molar-refractivity contribution in [2.24, 2.45) is 5.92 Å². The van der Waals surface area contributed by atoms with E-state index in [4.69, 9.17) is 4.74 Å². The highest BCUT2D eigenvalue weighted by Gasteiger charge is 2.56. The Labute approximate surface area is 157 Å². The Hall–Kier alpha value is -1.75. The molecule has 26 heavy (non-hydrogen) atoms. The van der Waals surface area contributed by atoms with E-state index in [1.54, 1.807) is 10.9 Å². The second kappa shape index (κ2) is 6.45. The van der Waals surface area contributed by atoms with E-state index in [0.717, 1.165) is 18.2 Å². The van der Waals surface area contributed by atoms with E-state index in [0.29, 0.717) is 17.9 Å². The zero-order chi connectivity index (χ0) is 18.6. The number of carboxylic acids is 1. The number of aliphatic hydroxyl groups excluding tert-OH is 1. The van der Waals surface area contributed by atoms with Gasteiger partial charge in [-0.15, -0.1) is 4.57 Å². The smallest absolute Gasteiger partial charge is 0.443 e. The molecule has 3 aliphatic rings. The maximum Gasteiger partial charge on any atom is 0.443 e. The lowest BCUT2D eigenvalue weighted by Crippen LogP contribution is -2.59. The van der Waals surface area contributed by atoms with Gasteiger partial charge in [-0.2, -0.15) is 0 Å². The minimum absolute atomic E-state index is 0.180. The molecule has 1 aromatic rings. The Kier molecular flexibility index (Phi) is 4.38. The maximum absolute atomic E-state index is 13.0. The van der Waals surface area contributed by atoms with Crippen LogP contribution in [0.1, 0.15) is 35.0 Å². The molecule has 1 saturated heterocycles. The number of carbonyl (C=O) groups excluding carboxylic acids is 2. The molecule has 0 radical (unpaired) electrons. The van der Waals surface area contributed by atoms with Gasteiger partial charge in [0.1, 0.15) is 11.3 Å². The molecule has 0 saturated carbocycles. The number of carboxylic acid groups (broad SMARTS) is 1. The van der Waals surface area contributed by atoms with Crippen LogP contribution in [0, 0.1) is 5.92 Å². The molecule has 0 spiro atoms. The Balaban J connectivity index is 1.85. The fraction of sp³-hybridized carbons (Fsp3) is 0.500. The number of nitrogens with zero attached hydrogens (tertiary/aromatic N) is 2. The first-order chi connectivity index (χ1) is 12.4. The van der Waals surface area contributed by atoms with E-state index in [-0.39, 0.29) is 23.4 Å². The number of aromatic nitrogens is 1. The Morgan fingerprint density at radius 3 is 2.85 bits per heavy atom. The minimum atomic E-state index is -1.23. The highest BCUT2D eigenvalue weighted by Crippen LogP contribution is 2.48. The third-order valence-corrected chi connectivity index (χ3v) is 6.92. The predicted molar refractivity (Wildman–Crippen MR) is 91.5 cm³/mol. The molecular weight excluding hydrogens is 380 g/mol. The van der Waals surface area contributed by atoms with Crippen LogP contribution in [-0.2, 0) is 9.53 Å². The molecule has 2 N–H and O–H groups in total. The van der Waals surface area contributed by atoms with Gasteiger partial charge in [-0.05, 0) is 19.8 Å². The number of fused-ring (bicyclic) bond motifs is 2. The van der Waals surface area contributed by atoms with Gasteiger partial charge in [0.05, 0.1) is 22.5 Å². The van der Waals surface area contributed by atoms with Gasteiger partial charge < -0.3 is 14.9 Å². The second-order valence-electron chi connectivity index (χ2n) is 6.42. The first-order valence-corrected chi connectivity index (χ1v) is 10.0. The molecule has 8 nitrogen and oxygen atoms in total. The van der Waals surface area contributed by atoms with Crippen LogP contribution in [0.2, 0.25) is 0 Å². The van der Waals surface area contributed by atoms with Crippen LogP contribution in [0.4, 0.5) is 0 Å². The topological polar surface area (TPSA) is 108 Å². The van der Waals surface area contributed by atoms with Crippen LogP contribution >= 0.6 is 23.1 Å². The number of thiazole rings is 1. The van der Waals surface area contributed by atoms with E-state index in [2.05, 4.69) is 0 Å². The van der Waals surface area contributed by atoms with Crippen LogP contribution in [-0.4, -0.2) is 57.1 Å². The molecular formula is C16H17N2O6S2+. The highest BCUT2D eigenvalue weighted by atomic mass is 32.2. The van der Waals surface area contributed by atoms with Gasteiger partial charge in [0.25, 0.3) is 5.69 Å². The van der Waals surface area contributed by atoms with Gasteiger partial charge in [0.2, 0.25) is 5.51 Å². The van der Waals surface area contributed by atoms with Crippen molar-refractivity contribution in [3.05, 3.63) is 27.2 Å². The summed E-state index contributed by atoms with van der Waals surface area (Å²) in [5.41, 5.74) is 1.95. The largest absolute Gasteiger partial charge is 0.481 e. The molecule has 4 rings (SSSR count). The fourth-order valence-corrected chi connectivity index (χ4v) is 5.97. The van der Waals surface area contributed by atoms with E-state index < -0.39 is 29.3 Å². The molecule has 4 atom stereocenters. The Bertz CT molecular complexity index is 826. The second-order valence-corrected chi connectivity index (χ2v) is 8.30.